The van der Waals surface area contributed by atoms with Gasteiger partial charge < -0.3 is 14.6 Å². The topological polar surface area (TPSA) is 103 Å². The Morgan fingerprint density at radius 3 is 2.57 bits per heavy atom. The Balaban J connectivity index is 1.43. The zero-order valence-corrected chi connectivity index (χ0v) is 15.7. The van der Waals surface area contributed by atoms with Crippen LogP contribution in [0.25, 0.3) is 5.69 Å². The predicted octanol–water partition coefficient (Wildman–Crippen LogP) is 1.66. The minimum absolute atomic E-state index is 0.109. The molecule has 0 saturated carbocycles. The van der Waals surface area contributed by atoms with Gasteiger partial charge in [-0.05, 0) is 48.0 Å². The molecule has 28 heavy (non-hydrogen) atoms. The van der Waals surface area contributed by atoms with Crippen molar-refractivity contribution in [2.24, 2.45) is 0 Å². The van der Waals surface area contributed by atoms with Gasteiger partial charge in [0, 0.05) is 18.9 Å². The molecule has 1 unspecified atom stereocenters. The Morgan fingerprint density at radius 1 is 1.11 bits per heavy atom. The molecule has 1 aromatic heterocycles. The molecule has 1 aliphatic rings. The molecule has 146 valence electrons. The highest BCUT2D eigenvalue weighted by Crippen LogP contribution is 2.32. The van der Waals surface area contributed by atoms with E-state index in [0.29, 0.717) is 30.3 Å². The van der Waals surface area contributed by atoms with E-state index in [1.807, 2.05) is 0 Å². The fourth-order valence-electron chi connectivity index (χ4n) is 2.86. The second kappa shape index (κ2) is 7.63. The average Bonchev–Trinajstić information content (AvgIpc) is 3.27. The number of nitrogens with zero attached hydrogens (tertiary/aromatic N) is 2. The van der Waals surface area contributed by atoms with Crippen LogP contribution >= 0.6 is 0 Å². The van der Waals surface area contributed by atoms with Crippen LogP contribution in [0.4, 0.5) is 0 Å². The maximum absolute atomic E-state index is 12.5. The van der Waals surface area contributed by atoms with Gasteiger partial charge in [0.1, 0.15) is 13.2 Å². The molecule has 9 heteroatoms. The van der Waals surface area contributed by atoms with E-state index in [1.54, 1.807) is 53.5 Å². The third-order valence-corrected chi connectivity index (χ3v) is 5.77. The molecular formula is C19H19N3O5S. The van der Waals surface area contributed by atoms with E-state index in [1.165, 1.54) is 12.1 Å². The van der Waals surface area contributed by atoms with Gasteiger partial charge in [-0.2, -0.15) is 5.10 Å². The molecular weight excluding hydrogens is 382 g/mol. The van der Waals surface area contributed by atoms with Crippen LogP contribution in [0.15, 0.2) is 65.8 Å². The number of ether oxygens (including phenoxy) is 2. The van der Waals surface area contributed by atoms with Crippen molar-refractivity contribution in [3.63, 3.8) is 0 Å². The zero-order valence-electron chi connectivity index (χ0n) is 14.9. The number of nitrogens with one attached hydrogen (secondary N) is 1. The van der Waals surface area contributed by atoms with Gasteiger partial charge in [0.15, 0.2) is 11.5 Å². The Hall–Kier alpha value is -2.88. The first-order chi connectivity index (χ1) is 13.5. The number of aliphatic hydroxyl groups is 1. The van der Waals surface area contributed by atoms with Crippen LogP contribution in [0.5, 0.6) is 11.5 Å². The number of rotatable bonds is 6. The van der Waals surface area contributed by atoms with Crippen LogP contribution in [0, 0.1) is 0 Å². The Morgan fingerprint density at radius 2 is 1.86 bits per heavy atom. The molecule has 4 rings (SSSR count). The molecule has 0 fully saturated rings. The number of sulfonamides is 1. The van der Waals surface area contributed by atoms with Gasteiger partial charge in [-0.15, -0.1) is 0 Å². The highest BCUT2D eigenvalue weighted by molar-refractivity contribution is 7.89. The highest BCUT2D eigenvalue weighted by Gasteiger charge is 2.19. The van der Waals surface area contributed by atoms with Gasteiger partial charge in [-0.25, -0.2) is 17.8 Å². The number of benzene rings is 2. The van der Waals surface area contributed by atoms with E-state index < -0.39 is 16.1 Å². The van der Waals surface area contributed by atoms with Crippen LogP contribution in [0.3, 0.4) is 0 Å². The lowest BCUT2D eigenvalue weighted by Crippen LogP contribution is -2.28. The van der Waals surface area contributed by atoms with Crippen molar-refractivity contribution in [1.82, 2.24) is 14.5 Å². The van der Waals surface area contributed by atoms with Gasteiger partial charge in [-0.1, -0.05) is 6.07 Å². The van der Waals surface area contributed by atoms with E-state index in [-0.39, 0.29) is 11.4 Å². The molecule has 1 aliphatic heterocycles. The molecule has 0 radical (unpaired) electrons. The van der Waals surface area contributed by atoms with Crippen molar-refractivity contribution in [1.29, 1.82) is 0 Å². The SMILES string of the molecule is O=S(=O)(NCC(O)c1ccc2c(c1)OCCO2)c1ccc(-n2cccn2)cc1. The number of fused-ring (bicyclic) bond motifs is 1. The first-order valence-electron chi connectivity index (χ1n) is 8.70. The summed E-state index contributed by atoms with van der Waals surface area (Å²) in [4.78, 5) is 0.109. The van der Waals surface area contributed by atoms with Gasteiger partial charge in [0.2, 0.25) is 10.0 Å². The smallest absolute Gasteiger partial charge is 0.240 e. The monoisotopic (exact) mass is 401 g/mol. The lowest BCUT2D eigenvalue weighted by molar-refractivity contribution is 0.165. The van der Waals surface area contributed by atoms with Gasteiger partial charge >= 0.3 is 0 Å². The van der Waals surface area contributed by atoms with Crippen LogP contribution in [-0.4, -0.2) is 43.1 Å². The van der Waals surface area contributed by atoms with Gasteiger partial charge in [0.25, 0.3) is 0 Å². The molecule has 2 N–H and O–H groups in total. The number of hydrogen-bond donors (Lipinski definition) is 2. The first kappa shape index (κ1) is 18.5. The standard InChI is InChI=1S/C19H19N3O5S/c23-17(14-2-7-18-19(12-14)27-11-10-26-18)13-21-28(24,25)16-5-3-15(4-6-16)22-9-1-8-20-22/h1-9,12,17,21,23H,10-11,13H2. The minimum Gasteiger partial charge on any atom is -0.486 e. The van der Waals surface area contributed by atoms with Crippen LogP contribution in [-0.2, 0) is 10.0 Å². The second-order valence-electron chi connectivity index (χ2n) is 6.22. The summed E-state index contributed by atoms with van der Waals surface area (Å²) in [6.07, 6.45) is 2.39. The molecule has 0 aliphatic carbocycles. The van der Waals surface area contributed by atoms with E-state index >= 15 is 0 Å². The Labute approximate surface area is 162 Å². The Bertz CT molecular complexity index is 1050. The summed E-state index contributed by atoms with van der Waals surface area (Å²) in [6.45, 7) is 0.754. The fourth-order valence-corrected chi connectivity index (χ4v) is 3.89. The van der Waals surface area contributed by atoms with Crippen molar-refractivity contribution in [2.75, 3.05) is 19.8 Å². The molecule has 0 bridgehead atoms. The molecule has 2 aromatic carbocycles. The fraction of sp³-hybridized carbons (Fsp3) is 0.211. The molecule has 0 spiro atoms. The van der Waals surface area contributed by atoms with Crippen molar-refractivity contribution in [2.45, 2.75) is 11.0 Å². The van der Waals surface area contributed by atoms with Crippen molar-refractivity contribution >= 4 is 10.0 Å². The van der Waals surface area contributed by atoms with Crippen molar-refractivity contribution in [3.05, 3.63) is 66.5 Å². The second-order valence-corrected chi connectivity index (χ2v) is 7.98. The summed E-state index contributed by atoms with van der Waals surface area (Å²) in [5, 5.41) is 14.5. The summed E-state index contributed by atoms with van der Waals surface area (Å²) in [7, 11) is -3.76. The molecule has 8 nitrogen and oxygen atoms in total. The number of aliphatic hydroxyl groups excluding tert-OH is 1. The lowest BCUT2D eigenvalue weighted by Gasteiger charge is -2.20. The molecule has 0 amide bonds. The highest BCUT2D eigenvalue weighted by atomic mass is 32.2. The Kier molecular flexibility index (Phi) is 5.03. The van der Waals surface area contributed by atoms with E-state index in [9.17, 15) is 13.5 Å². The maximum atomic E-state index is 12.5. The molecule has 2 heterocycles. The average molecular weight is 401 g/mol. The summed E-state index contributed by atoms with van der Waals surface area (Å²) >= 11 is 0. The lowest BCUT2D eigenvalue weighted by atomic mass is 10.1. The summed E-state index contributed by atoms with van der Waals surface area (Å²) in [5.74, 6) is 1.15. The summed E-state index contributed by atoms with van der Waals surface area (Å²) < 4.78 is 40.0. The van der Waals surface area contributed by atoms with Crippen molar-refractivity contribution in [3.8, 4) is 17.2 Å². The van der Waals surface area contributed by atoms with E-state index in [0.717, 1.165) is 5.69 Å². The van der Waals surface area contributed by atoms with E-state index in [4.69, 9.17) is 9.47 Å². The summed E-state index contributed by atoms with van der Waals surface area (Å²) in [5.41, 5.74) is 1.29. The number of hydrogen-bond acceptors (Lipinski definition) is 6. The summed E-state index contributed by atoms with van der Waals surface area (Å²) in [6, 6.07) is 13.2. The maximum Gasteiger partial charge on any atom is 0.240 e. The normalized spacial score (nSPS) is 14.6. The van der Waals surface area contributed by atoms with E-state index in [2.05, 4.69) is 9.82 Å². The zero-order chi connectivity index (χ0) is 19.6. The minimum atomic E-state index is -3.76. The largest absolute Gasteiger partial charge is 0.486 e. The van der Waals surface area contributed by atoms with Crippen LogP contribution < -0.4 is 14.2 Å². The molecule has 3 aromatic rings. The van der Waals surface area contributed by atoms with Crippen molar-refractivity contribution < 1.29 is 23.0 Å². The van der Waals surface area contributed by atoms with Crippen LogP contribution in [0.2, 0.25) is 0 Å². The quantitative estimate of drug-likeness (QED) is 0.651. The number of aromatic nitrogens is 2. The third kappa shape index (κ3) is 3.86. The molecule has 1 atom stereocenters. The first-order valence-corrected chi connectivity index (χ1v) is 10.2. The predicted molar refractivity (Wildman–Crippen MR) is 101 cm³/mol. The van der Waals surface area contributed by atoms with Gasteiger partial charge in [0.05, 0.1) is 16.7 Å². The van der Waals surface area contributed by atoms with Crippen LogP contribution in [0.1, 0.15) is 11.7 Å². The third-order valence-electron chi connectivity index (χ3n) is 4.33. The van der Waals surface area contributed by atoms with Gasteiger partial charge in [-0.3, -0.25) is 0 Å². The molecule has 0 saturated heterocycles.